The molecule has 4 rings (SSSR count). The summed E-state index contributed by atoms with van der Waals surface area (Å²) in [7, 11) is -2.89. The molecule has 39 heavy (non-hydrogen) atoms. The number of ether oxygens (including phenoxy) is 4. The van der Waals surface area contributed by atoms with E-state index in [1.807, 2.05) is 0 Å². The number of benzene rings is 2. The largest absolute Gasteiger partial charge is 0.534 e. The van der Waals surface area contributed by atoms with Crippen LogP contribution in [0.1, 0.15) is 36.8 Å². The Morgan fingerprint density at radius 1 is 0.769 bits per heavy atom. The van der Waals surface area contributed by atoms with Crippen LogP contribution in [-0.2, 0) is 40.3 Å². The molecule has 0 spiro atoms. The van der Waals surface area contributed by atoms with Crippen molar-refractivity contribution in [1.29, 1.82) is 0 Å². The summed E-state index contributed by atoms with van der Waals surface area (Å²) >= 11 is 0. The first-order valence-electron chi connectivity index (χ1n) is 11.8. The highest BCUT2D eigenvalue weighted by atomic mass is 32.2. The number of methoxy groups -OCH3 is 2. The molecular weight excluding hydrogens is 555 g/mol. The molecule has 0 saturated carbocycles. The Hall–Kier alpha value is -2.52. The smallest absolute Gasteiger partial charge is 0.508 e. The molecule has 218 valence electrons. The maximum atomic E-state index is 13.7. The average molecular weight is 585 g/mol. The second-order valence-electron chi connectivity index (χ2n) is 8.98. The Morgan fingerprint density at radius 3 is 1.62 bits per heavy atom. The van der Waals surface area contributed by atoms with Crippen molar-refractivity contribution in [2.24, 2.45) is 0 Å². The third-order valence-electron chi connectivity index (χ3n) is 6.68. The van der Waals surface area contributed by atoms with Gasteiger partial charge in [-0.3, -0.25) is 0 Å². The van der Waals surface area contributed by atoms with E-state index < -0.39 is 44.2 Å². The zero-order valence-electron chi connectivity index (χ0n) is 21.2. The second kappa shape index (κ2) is 12.3. The van der Waals surface area contributed by atoms with Crippen molar-refractivity contribution < 1.29 is 58.6 Å². The second-order valence-corrected chi connectivity index (χ2v) is 10.5. The fraction of sp³-hybridized carbons (Fsp3) is 0.520. The van der Waals surface area contributed by atoms with Crippen molar-refractivity contribution in [1.82, 2.24) is 0 Å². The van der Waals surface area contributed by atoms with Crippen LogP contribution in [0.4, 0.5) is 22.0 Å². The number of hydrogen-bond acceptors (Lipinski definition) is 8. The van der Waals surface area contributed by atoms with Crippen LogP contribution in [0.5, 0.6) is 11.5 Å². The van der Waals surface area contributed by atoms with E-state index in [2.05, 4.69) is 4.18 Å². The molecule has 0 amide bonds. The number of alkyl halides is 3. The molecule has 0 aliphatic carbocycles. The summed E-state index contributed by atoms with van der Waals surface area (Å²) < 4.78 is 112. The molecule has 2 aliphatic rings. The van der Waals surface area contributed by atoms with Crippen LogP contribution >= 0.6 is 0 Å². The van der Waals surface area contributed by atoms with Gasteiger partial charge >= 0.3 is 15.6 Å². The van der Waals surface area contributed by atoms with Gasteiger partial charge in [0.1, 0.15) is 23.1 Å². The molecule has 8 nitrogen and oxygen atoms in total. The minimum absolute atomic E-state index is 0.0714. The molecule has 0 bridgehead atoms. The van der Waals surface area contributed by atoms with Gasteiger partial charge in [-0.2, -0.15) is 21.6 Å². The normalized spacial score (nSPS) is 19.1. The lowest BCUT2D eigenvalue weighted by molar-refractivity contribution is -0.0951. The Labute approximate surface area is 222 Å². The average Bonchev–Trinajstić information content (AvgIpc) is 2.88. The third-order valence-corrected chi connectivity index (χ3v) is 7.66. The van der Waals surface area contributed by atoms with E-state index in [-0.39, 0.29) is 11.3 Å². The molecule has 0 unspecified atom stereocenters. The minimum Gasteiger partial charge on any atom is -0.508 e. The number of phenols is 1. The van der Waals surface area contributed by atoms with Crippen LogP contribution in [0.25, 0.3) is 0 Å². The lowest BCUT2D eigenvalue weighted by Crippen LogP contribution is -2.35. The van der Waals surface area contributed by atoms with Gasteiger partial charge in [-0.25, -0.2) is 8.78 Å². The molecule has 14 heteroatoms. The van der Waals surface area contributed by atoms with Crippen LogP contribution in [-0.4, -0.2) is 59.7 Å². The summed E-state index contributed by atoms with van der Waals surface area (Å²) in [5.74, 6) is -2.21. The van der Waals surface area contributed by atoms with E-state index in [0.717, 1.165) is 18.2 Å². The predicted octanol–water partition coefficient (Wildman–Crippen LogP) is 4.89. The highest BCUT2D eigenvalue weighted by molar-refractivity contribution is 7.88. The van der Waals surface area contributed by atoms with Crippen molar-refractivity contribution in [2.75, 3.05) is 40.6 Å². The van der Waals surface area contributed by atoms with Crippen molar-refractivity contribution in [2.45, 2.75) is 42.4 Å². The molecule has 0 atom stereocenters. The SMILES string of the molecule is COC1(c2cc(F)cc(OS(=O)(=O)C(F)(F)F)c2)CCOCC1.COC1(c2cc(O)cc(F)c2)CCOCC1. The summed E-state index contributed by atoms with van der Waals surface area (Å²) in [5.41, 5.74) is -6.23. The van der Waals surface area contributed by atoms with Gasteiger partial charge in [-0.1, -0.05) is 0 Å². The number of rotatable bonds is 6. The van der Waals surface area contributed by atoms with Crippen LogP contribution in [0, 0.1) is 11.6 Å². The van der Waals surface area contributed by atoms with Crippen molar-refractivity contribution in [3.05, 3.63) is 59.2 Å². The van der Waals surface area contributed by atoms with E-state index in [4.69, 9.17) is 18.9 Å². The fourth-order valence-corrected chi connectivity index (χ4v) is 4.95. The van der Waals surface area contributed by atoms with Gasteiger partial charge in [-0.05, 0) is 35.4 Å². The van der Waals surface area contributed by atoms with E-state index in [0.29, 0.717) is 63.7 Å². The van der Waals surface area contributed by atoms with E-state index in [9.17, 15) is 35.5 Å². The van der Waals surface area contributed by atoms with Gasteiger partial charge in [0, 0.05) is 78.5 Å². The van der Waals surface area contributed by atoms with Crippen molar-refractivity contribution in [3.8, 4) is 11.5 Å². The molecule has 2 aromatic carbocycles. The third kappa shape index (κ3) is 7.37. The maximum absolute atomic E-state index is 13.7. The Morgan fingerprint density at radius 2 is 1.21 bits per heavy atom. The number of phenolic OH excluding ortho intramolecular Hbond substituents is 1. The molecule has 2 heterocycles. The quantitative estimate of drug-likeness (QED) is 0.291. The zero-order valence-corrected chi connectivity index (χ0v) is 22.0. The fourth-order valence-electron chi connectivity index (χ4n) is 4.51. The molecule has 2 fully saturated rings. The van der Waals surface area contributed by atoms with Crippen LogP contribution < -0.4 is 4.18 Å². The van der Waals surface area contributed by atoms with Gasteiger partial charge in [0.2, 0.25) is 0 Å². The highest BCUT2D eigenvalue weighted by Gasteiger charge is 2.49. The monoisotopic (exact) mass is 584 g/mol. The number of halogens is 5. The summed E-state index contributed by atoms with van der Waals surface area (Å²) in [6, 6.07) is 6.72. The van der Waals surface area contributed by atoms with Crippen LogP contribution in [0.3, 0.4) is 0 Å². The lowest BCUT2D eigenvalue weighted by Gasteiger charge is -2.36. The number of aromatic hydroxyl groups is 1. The van der Waals surface area contributed by atoms with Gasteiger partial charge in [0.15, 0.2) is 0 Å². The number of hydrogen-bond donors (Lipinski definition) is 1. The molecule has 2 aliphatic heterocycles. The zero-order chi connectivity index (χ0) is 28.9. The van der Waals surface area contributed by atoms with Crippen LogP contribution in [0.15, 0.2) is 36.4 Å². The van der Waals surface area contributed by atoms with Gasteiger partial charge in [-0.15, -0.1) is 0 Å². The summed E-state index contributed by atoms with van der Waals surface area (Å²) in [6.45, 7) is 1.82. The summed E-state index contributed by atoms with van der Waals surface area (Å²) in [5, 5.41) is 9.41. The molecule has 2 saturated heterocycles. The van der Waals surface area contributed by atoms with Crippen molar-refractivity contribution in [3.63, 3.8) is 0 Å². The van der Waals surface area contributed by atoms with Gasteiger partial charge in [0.25, 0.3) is 0 Å². The molecule has 2 aromatic rings. The maximum Gasteiger partial charge on any atom is 0.534 e. The van der Waals surface area contributed by atoms with Crippen molar-refractivity contribution >= 4 is 10.1 Å². The highest BCUT2D eigenvalue weighted by Crippen LogP contribution is 2.39. The first-order chi connectivity index (χ1) is 18.3. The standard InChI is InChI=1S/C13H14F4O5S.C12H15FO3/c1-20-12(2-4-21-5-3-12)9-6-10(14)8-11(7-9)22-23(18,19)13(15,16)17;1-15-12(2-4-16-5-3-12)9-6-10(13)8-11(14)7-9/h6-8H,2-5H2,1H3;6-8,14H,2-5H2,1H3. The first-order valence-corrected chi connectivity index (χ1v) is 13.2. The Kier molecular flexibility index (Phi) is 9.81. The van der Waals surface area contributed by atoms with E-state index in [1.54, 1.807) is 13.2 Å². The minimum atomic E-state index is -5.87. The summed E-state index contributed by atoms with van der Waals surface area (Å²) in [4.78, 5) is 0. The van der Waals surface area contributed by atoms with E-state index in [1.165, 1.54) is 13.2 Å². The molecule has 0 aromatic heterocycles. The molecular formula is C25H29F5O8S. The Bertz CT molecular complexity index is 1200. The molecule has 0 radical (unpaired) electrons. The van der Waals surface area contributed by atoms with Crippen LogP contribution in [0.2, 0.25) is 0 Å². The first kappa shape index (κ1) is 31.0. The Balaban J connectivity index is 0.000000230. The summed E-state index contributed by atoms with van der Waals surface area (Å²) in [6.07, 6.45) is 2.04. The van der Waals surface area contributed by atoms with Gasteiger partial charge in [0.05, 0.1) is 11.2 Å². The van der Waals surface area contributed by atoms with Gasteiger partial charge < -0.3 is 28.2 Å². The van der Waals surface area contributed by atoms with E-state index >= 15 is 0 Å². The predicted molar refractivity (Wildman–Crippen MR) is 128 cm³/mol. The topological polar surface area (TPSA) is 101 Å². The lowest BCUT2D eigenvalue weighted by atomic mass is 9.86. The molecule has 1 N–H and O–H groups in total.